The molecule has 0 aliphatic heterocycles. The van der Waals surface area contributed by atoms with Gasteiger partial charge in [0.1, 0.15) is 4.21 Å². The summed E-state index contributed by atoms with van der Waals surface area (Å²) in [7, 11) is -3.65. The fraction of sp³-hybridized carbons (Fsp3) is 0.500. The van der Waals surface area contributed by atoms with Crippen LogP contribution in [0.15, 0.2) is 14.1 Å². The van der Waals surface area contributed by atoms with Crippen LogP contribution in [0.25, 0.3) is 0 Å². The third-order valence-electron chi connectivity index (χ3n) is 2.18. The lowest BCUT2D eigenvalue weighted by Crippen LogP contribution is -2.44. The number of rotatable bonds is 5. The molecular weight excluding hydrogens is 340 g/mol. The van der Waals surface area contributed by atoms with Crippen LogP contribution in [0, 0.1) is 6.92 Å². The maximum atomic E-state index is 12.0. The predicted octanol–water partition coefficient (Wildman–Crippen LogP) is 1.62. The normalized spacial score (nSPS) is 13.3. The Bertz CT molecular complexity index is 520. The molecule has 1 amide bonds. The number of carbonyl (C=O) groups excluding carboxylic acids is 1. The molecule has 1 aromatic rings. The minimum atomic E-state index is -3.65. The first-order valence-electron chi connectivity index (χ1n) is 5.34. The number of likely N-dealkylation sites (N-methyl/N-ethyl adjacent to an activating group) is 1. The number of halogens is 1. The summed E-state index contributed by atoms with van der Waals surface area (Å²) >= 11 is 4.40. The monoisotopic (exact) mass is 354 g/mol. The van der Waals surface area contributed by atoms with E-state index < -0.39 is 16.1 Å². The molecule has 0 bridgehead atoms. The van der Waals surface area contributed by atoms with Gasteiger partial charge in [0.25, 0.3) is 10.0 Å². The van der Waals surface area contributed by atoms with E-state index in [4.69, 9.17) is 0 Å². The van der Waals surface area contributed by atoms with E-state index in [0.29, 0.717) is 6.54 Å². The van der Waals surface area contributed by atoms with Gasteiger partial charge in [-0.05, 0) is 48.3 Å². The average molecular weight is 355 g/mol. The van der Waals surface area contributed by atoms with Gasteiger partial charge < -0.3 is 5.32 Å². The lowest BCUT2D eigenvalue weighted by atomic mass is 10.3. The molecule has 5 nitrogen and oxygen atoms in total. The molecule has 2 N–H and O–H groups in total. The zero-order valence-corrected chi connectivity index (χ0v) is 13.5. The molecule has 0 aliphatic carbocycles. The molecule has 1 unspecified atom stereocenters. The zero-order chi connectivity index (χ0) is 13.9. The largest absolute Gasteiger partial charge is 0.355 e. The Morgan fingerprint density at radius 2 is 2.17 bits per heavy atom. The number of amides is 1. The maximum absolute atomic E-state index is 12.0. The topological polar surface area (TPSA) is 75.3 Å². The lowest BCUT2D eigenvalue weighted by molar-refractivity contribution is -0.122. The molecule has 18 heavy (non-hydrogen) atoms. The Kier molecular flexibility index (Phi) is 5.32. The molecule has 1 heterocycles. The molecule has 0 aromatic carbocycles. The van der Waals surface area contributed by atoms with E-state index >= 15 is 0 Å². The quantitative estimate of drug-likeness (QED) is 0.843. The number of aryl methyl sites for hydroxylation is 1. The molecule has 1 aromatic heterocycles. The van der Waals surface area contributed by atoms with Crippen molar-refractivity contribution in [3.8, 4) is 0 Å². The van der Waals surface area contributed by atoms with E-state index in [-0.39, 0.29) is 10.1 Å². The number of nitrogens with one attached hydrogen (secondary N) is 2. The molecule has 1 rings (SSSR count). The maximum Gasteiger partial charge on any atom is 0.250 e. The van der Waals surface area contributed by atoms with Gasteiger partial charge in [-0.15, -0.1) is 11.3 Å². The number of hydrogen-bond donors (Lipinski definition) is 2. The Hall–Kier alpha value is -0.440. The highest BCUT2D eigenvalue weighted by atomic mass is 79.9. The SMILES string of the molecule is CCNC(=O)C(C)NS(=O)(=O)c1cc(C)c(Br)s1. The first-order chi connectivity index (χ1) is 8.27. The second-order valence-electron chi connectivity index (χ2n) is 3.76. The Morgan fingerprint density at radius 1 is 1.56 bits per heavy atom. The van der Waals surface area contributed by atoms with E-state index in [2.05, 4.69) is 26.0 Å². The van der Waals surface area contributed by atoms with E-state index in [1.807, 2.05) is 6.92 Å². The van der Waals surface area contributed by atoms with Crippen molar-refractivity contribution in [3.05, 3.63) is 15.4 Å². The van der Waals surface area contributed by atoms with Crippen LogP contribution in [0.5, 0.6) is 0 Å². The molecule has 0 aliphatic rings. The first kappa shape index (κ1) is 15.6. The third kappa shape index (κ3) is 3.78. The van der Waals surface area contributed by atoms with Crippen LogP contribution in [-0.4, -0.2) is 26.9 Å². The number of sulfonamides is 1. The van der Waals surface area contributed by atoms with Crippen molar-refractivity contribution in [3.63, 3.8) is 0 Å². The highest BCUT2D eigenvalue weighted by Crippen LogP contribution is 2.30. The van der Waals surface area contributed by atoms with Crippen molar-refractivity contribution in [2.24, 2.45) is 0 Å². The summed E-state index contributed by atoms with van der Waals surface area (Å²) in [5.41, 5.74) is 0.853. The predicted molar refractivity (Wildman–Crippen MR) is 75.2 cm³/mol. The summed E-state index contributed by atoms with van der Waals surface area (Å²) < 4.78 is 27.3. The average Bonchev–Trinajstić information content (AvgIpc) is 2.60. The van der Waals surface area contributed by atoms with E-state index in [0.717, 1.165) is 20.7 Å². The van der Waals surface area contributed by atoms with Crippen molar-refractivity contribution in [2.45, 2.75) is 31.0 Å². The zero-order valence-electron chi connectivity index (χ0n) is 10.3. The summed E-state index contributed by atoms with van der Waals surface area (Å²) in [5.74, 6) is -0.339. The molecule has 0 spiro atoms. The summed E-state index contributed by atoms with van der Waals surface area (Å²) in [6.45, 7) is 5.57. The van der Waals surface area contributed by atoms with Gasteiger partial charge in [0, 0.05) is 6.54 Å². The molecule has 0 saturated heterocycles. The molecule has 102 valence electrons. The fourth-order valence-electron chi connectivity index (χ4n) is 1.24. The van der Waals surface area contributed by atoms with Gasteiger partial charge in [-0.2, -0.15) is 4.72 Å². The fourth-order valence-corrected chi connectivity index (χ4v) is 4.68. The van der Waals surface area contributed by atoms with E-state index in [1.54, 1.807) is 13.0 Å². The van der Waals surface area contributed by atoms with Gasteiger partial charge in [0.15, 0.2) is 0 Å². The van der Waals surface area contributed by atoms with Crippen LogP contribution in [-0.2, 0) is 14.8 Å². The third-order valence-corrected chi connectivity index (χ3v) is 6.33. The Morgan fingerprint density at radius 3 is 2.61 bits per heavy atom. The molecule has 8 heteroatoms. The first-order valence-corrected chi connectivity index (χ1v) is 8.43. The van der Waals surface area contributed by atoms with Crippen LogP contribution in [0.1, 0.15) is 19.4 Å². The van der Waals surface area contributed by atoms with Crippen LogP contribution in [0.3, 0.4) is 0 Å². The van der Waals surface area contributed by atoms with Crippen molar-refractivity contribution in [1.82, 2.24) is 10.0 Å². The van der Waals surface area contributed by atoms with E-state index in [1.165, 1.54) is 6.92 Å². The van der Waals surface area contributed by atoms with Crippen LogP contribution < -0.4 is 10.0 Å². The summed E-state index contributed by atoms with van der Waals surface area (Å²) in [4.78, 5) is 11.5. The van der Waals surface area contributed by atoms with Gasteiger partial charge >= 0.3 is 0 Å². The van der Waals surface area contributed by atoms with E-state index in [9.17, 15) is 13.2 Å². The molecule has 0 fully saturated rings. The minimum Gasteiger partial charge on any atom is -0.355 e. The van der Waals surface area contributed by atoms with Gasteiger partial charge in [-0.1, -0.05) is 0 Å². The van der Waals surface area contributed by atoms with Crippen molar-refractivity contribution < 1.29 is 13.2 Å². The molecular formula is C10H15BrN2O3S2. The van der Waals surface area contributed by atoms with Gasteiger partial charge in [-0.25, -0.2) is 8.42 Å². The van der Waals surface area contributed by atoms with Crippen LogP contribution >= 0.6 is 27.3 Å². The van der Waals surface area contributed by atoms with Gasteiger partial charge in [0.05, 0.1) is 9.83 Å². The summed E-state index contributed by atoms with van der Waals surface area (Å²) in [6.07, 6.45) is 0. The smallest absolute Gasteiger partial charge is 0.250 e. The van der Waals surface area contributed by atoms with Crippen LogP contribution in [0.2, 0.25) is 0 Å². The second kappa shape index (κ2) is 6.14. The van der Waals surface area contributed by atoms with Crippen molar-refractivity contribution >= 4 is 43.2 Å². The Balaban J connectivity index is 2.85. The van der Waals surface area contributed by atoms with Gasteiger partial charge in [-0.3, -0.25) is 4.79 Å². The molecule has 1 atom stereocenters. The van der Waals surface area contributed by atoms with Crippen LogP contribution in [0.4, 0.5) is 0 Å². The standard InChI is InChI=1S/C10H15BrN2O3S2/c1-4-12-10(14)7(3)13-18(15,16)8-5-6(2)9(11)17-8/h5,7,13H,4H2,1-3H3,(H,12,14). The highest BCUT2D eigenvalue weighted by molar-refractivity contribution is 9.11. The Labute approximate surface area is 119 Å². The number of hydrogen-bond acceptors (Lipinski definition) is 4. The summed E-state index contributed by atoms with van der Waals surface area (Å²) in [5, 5.41) is 2.56. The number of carbonyl (C=O) groups is 1. The van der Waals surface area contributed by atoms with Crippen molar-refractivity contribution in [2.75, 3.05) is 6.54 Å². The van der Waals surface area contributed by atoms with Crippen molar-refractivity contribution in [1.29, 1.82) is 0 Å². The van der Waals surface area contributed by atoms with Gasteiger partial charge in [0.2, 0.25) is 5.91 Å². The second-order valence-corrected chi connectivity index (χ2v) is 8.07. The minimum absolute atomic E-state index is 0.197. The number of thiophene rings is 1. The highest BCUT2D eigenvalue weighted by Gasteiger charge is 2.23. The summed E-state index contributed by atoms with van der Waals surface area (Å²) in [6, 6.07) is 0.776. The lowest BCUT2D eigenvalue weighted by Gasteiger charge is -2.12. The molecule has 0 radical (unpaired) electrons. The molecule has 0 saturated carbocycles.